The molecule has 0 bridgehead atoms. The monoisotopic (exact) mass is 216 g/mol. The Labute approximate surface area is 87.6 Å². The number of halogens is 1. The highest BCUT2D eigenvalue weighted by Crippen LogP contribution is 2.28. The Bertz CT molecular complexity index is 289. The van der Waals surface area contributed by atoms with Crippen molar-refractivity contribution in [1.29, 1.82) is 0 Å². The zero-order valence-electron chi connectivity index (χ0n) is 7.46. The minimum atomic E-state index is 0.170. The van der Waals surface area contributed by atoms with E-state index in [4.69, 9.17) is 23.1 Å². The molecule has 1 aromatic rings. The third-order valence-electron chi connectivity index (χ3n) is 1.48. The Morgan fingerprint density at radius 3 is 2.85 bits per heavy atom. The van der Waals surface area contributed by atoms with Gasteiger partial charge >= 0.3 is 0 Å². The van der Waals surface area contributed by atoms with Gasteiger partial charge in [0.1, 0.15) is 0 Å². The van der Waals surface area contributed by atoms with Crippen molar-refractivity contribution in [2.45, 2.75) is 17.9 Å². The highest BCUT2D eigenvalue weighted by molar-refractivity contribution is 7.99. The minimum Gasteiger partial charge on any atom is -0.398 e. The normalized spacial score (nSPS) is 12.8. The number of hydrogen-bond donors (Lipinski definition) is 2. The van der Waals surface area contributed by atoms with E-state index in [1.807, 2.05) is 19.1 Å². The second-order valence-corrected chi connectivity index (χ2v) is 4.47. The number of hydrogen-bond acceptors (Lipinski definition) is 3. The fraction of sp³-hybridized carbons (Fsp3) is 0.333. The molecule has 72 valence electrons. The van der Waals surface area contributed by atoms with Gasteiger partial charge in [-0.1, -0.05) is 11.6 Å². The third-order valence-corrected chi connectivity index (χ3v) is 3.07. The van der Waals surface area contributed by atoms with Gasteiger partial charge in [-0.25, -0.2) is 0 Å². The standard InChI is InChI=1S/C9H13ClN2S/c1-6(11)5-13-9-4-7(10)2-3-8(9)12/h2-4,6H,5,11-12H2,1H3. The highest BCUT2D eigenvalue weighted by atomic mass is 35.5. The van der Waals surface area contributed by atoms with E-state index in [0.29, 0.717) is 5.02 Å². The first kappa shape index (κ1) is 10.7. The van der Waals surface area contributed by atoms with E-state index in [2.05, 4.69) is 0 Å². The number of nitrogens with two attached hydrogens (primary N) is 2. The molecule has 0 spiro atoms. The quantitative estimate of drug-likeness (QED) is 0.603. The average molecular weight is 217 g/mol. The van der Waals surface area contributed by atoms with Crippen LogP contribution in [0.2, 0.25) is 5.02 Å². The lowest BCUT2D eigenvalue weighted by atomic mass is 10.3. The third kappa shape index (κ3) is 3.46. The van der Waals surface area contributed by atoms with Crippen molar-refractivity contribution in [1.82, 2.24) is 0 Å². The van der Waals surface area contributed by atoms with Crippen LogP contribution in [0.4, 0.5) is 5.69 Å². The van der Waals surface area contributed by atoms with Gasteiger partial charge < -0.3 is 11.5 Å². The van der Waals surface area contributed by atoms with Gasteiger partial charge in [-0.2, -0.15) is 0 Å². The highest BCUT2D eigenvalue weighted by Gasteiger charge is 2.02. The van der Waals surface area contributed by atoms with Crippen LogP contribution >= 0.6 is 23.4 Å². The molecule has 0 aliphatic heterocycles. The Balaban J connectivity index is 2.70. The van der Waals surface area contributed by atoms with Gasteiger partial charge in [-0.15, -0.1) is 11.8 Å². The number of thioether (sulfide) groups is 1. The second-order valence-electron chi connectivity index (χ2n) is 2.97. The van der Waals surface area contributed by atoms with E-state index in [1.165, 1.54) is 0 Å². The molecule has 0 amide bonds. The molecule has 0 heterocycles. The molecule has 0 radical (unpaired) electrons. The van der Waals surface area contributed by atoms with Crippen LogP contribution < -0.4 is 11.5 Å². The molecule has 13 heavy (non-hydrogen) atoms. The van der Waals surface area contributed by atoms with Crippen LogP contribution in [0.15, 0.2) is 23.1 Å². The Kier molecular flexibility index (Phi) is 3.90. The first-order chi connectivity index (χ1) is 6.09. The predicted octanol–water partition coefficient (Wildman–Crippen LogP) is 2.36. The number of anilines is 1. The minimum absolute atomic E-state index is 0.170. The van der Waals surface area contributed by atoms with Crippen LogP contribution in [0.25, 0.3) is 0 Å². The fourth-order valence-electron chi connectivity index (χ4n) is 0.854. The second kappa shape index (κ2) is 4.74. The summed E-state index contributed by atoms with van der Waals surface area (Å²) in [5.74, 6) is 0.852. The molecule has 0 aromatic heterocycles. The maximum atomic E-state index is 5.83. The van der Waals surface area contributed by atoms with Gasteiger partial charge in [0.15, 0.2) is 0 Å². The summed E-state index contributed by atoms with van der Waals surface area (Å²) in [5.41, 5.74) is 12.1. The average Bonchev–Trinajstić information content (AvgIpc) is 2.06. The fourth-order valence-corrected chi connectivity index (χ4v) is 1.98. The summed E-state index contributed by atoms with van der Waals surface area (Å²) in [7, 11) is 0. The van der Waals surface area contributed by atoms with E-state index >= 15 is 0 Å². The van der Waals surface area contributed by atoms with E-state index in [-0.39, 0.29) is 6.04 Å². The molecule has 1 atom stereocenters. The molecule has 4 N–H and O–H groups in total. The summed E-state index contributed by atoms with van der Waals surface area (Å²) < 4.78 is 0. The molecule has 2 nitrogen and oxygen atoms in total. The number of benzene rings is 1. The van der Waals surface area contributed by atoms with Crippen molar-refractivity contribution < 1.29 is 0 Å². The van der Waals surface area contributed by atoms with Crippen molar-refractivity contribution in [2.75, 3.05) is 11.5 Å². The summed E-state index contributed by atoms with van der Waals surface area (Å²) in [6.45, 7) is 1.97. The van der Waals surface area contributed by atoms with E-state index in [1.54, 1.807) is 17.8 Å². The van der Waals surface area contributed by atoms with Crippen molar-refractivity contribution >= 4 is 29.1 Å². The van der Waals surface area contributed by atoms with Crippen molar-refractivity contribution in [3.63, 3.8) is 0 Å². The molecule has 0 saturated carbocycles. The topological polar surface area (TPSA) is 52.0 Å². The molecule has 1 rings (SSSR count). The Hall–Kier alpha value is -0.380. The largest absolute Gasteiger partial charge is 0.398 e. The molecule has 4 heteroatoms. The Morgan fingerprint density at radius 2 is 2.23 bits per heavy atom. The van der Waals surface area contributed by atoms with Gasteiger partial charge in [0.25, 0.3) is 0 Å². The first-order valence-corrected chi connectivity index (χ1v) is 5.39. The lowest BCUT2D eigenvalue weighted by Crippen LogP contribution is -2.17. The summed E-state index contributed by atoms with van der Waals surface area (Å²) >= 11 is 7.47. The first-order valence-electron chi connectivity index (χ1n) is 4.03. The molecule has 0 fully saturated rings. The van der Waals surface area contributed by atoms with Crippen LogP contribution in [0.5, 0.6) is 0 Å². The van der Waals surface area contributed by atoms with Crippen LogP contribution in [0.1, 0.15) is 6.92 Å². The molecule has 1 aromatic carbocycles. The molecule has 1 unspecified atom stereocenters. The lowest BCUT2D eigenvalue weighted by molar-refractivity contribution is 0.847. The summed E-state index contributed by atoms with van der Waals surface area (Å²) in [5, 5.41) is 0.710. The van der Waals surface area contributed by atoms with Gasteiger partial charge in [0.2, 0.25) is 0 Å². The van der Waals surface area contributed by atoms with Crippen LogP contribution in [-0.2, 0) is 0 Å². The zero-order chi connectivity index (χ0) is 9.84. The van der Waals surface area contributed by atoms with Gasteiger partial charge in [0, 0.05) is 27.4 Å². The maximum absolute atomic E-state index is 5.83. The van der Waals surface area contributed by atoms with E-state index in [0.717, 1.165) is 16.3 Å². The van der Waals surface area contributed by atoms with E-state index < -0.39 is 0 Å². The summed E-state index contributed by atoms with van der Waals surface area (Å²) in [4.78, 5) is 1.00. The maximum Gasteiger partial charge on any atom is 0.0453 e. The molecule has 0 aliphatic carbocycles. The van der Waals surface area contributed by atoms with Gasteiger partial charge in [-0.05, 0) is 25.1 Å². The lowest BCUT2D eigenvalue weighted by Gasteiger charge is -2.07. The molecule has 0 saturated heterocycles. The SMILES string of the molecule is CC(N)CSc1cc(Cl)ccc1N. The smallest absolute Gasteiger partial charge is 0.0453 e. The number of nitrogen functional groups attached to an aromatic ring is 1. The van der Waals surface area contributed by atoms with Gasteiger partial charge in [-0.3, -0.25) is 0 Å². The number of rotatable bonds is 3. The van der Waals surface area contributed by atoms with Crippen LogP contribution in [0.3, 0.4) is 0 Å². The molecule has 0 aliphatic rings. The summed E-state index contributed by atoms with van der Waals surface area (Å²) in [6, 6.07) is 5.63. The van der Waals surface area contributed by atoms with Gasteiger partial charge in [0.05, 0.1) is 0 Å². The van der Waals surface area contributed by atoms with Crippen LogP contribution in [-0.4, -0.2) is 11.8 Å². The van der Waals surface area contributed by atoms with Crippen LogP contribution in [0, 0.1) is 0 Å². The predicted molar refractivity (Wildman–Crippen MR) is 60.2 cm³/mol. The van der Waals surface area contributed by atoms with Crippen molar-refractivity contribution in [2.24, 2.45) is 5.73 Å². The van der Waals surface area contributed by atoms with E-state index in [9.17, 15) is 0 Å². The van der Waals surface area contributed by atoms with Crippen molar-refractivity contribution in [3.05, 3.63) is 23.2 Å². The zero-order valence-corrected chi connectivity index (χ0v) is 9.03. The Morgan fingerprint density at radius 1 is 1.54 bits per heavy atom. The molecular weight excluding hydrogens is 204 g/mol. The van der Waals surface area contributed by atoms with Crippen molar-refractivity contribution in [3.8, 4) is 0 Å². The molecular formula is C9H13ClN2S. The summed E-state index contributed by atoms with van der Waals surface area (Å²) in [6.07, 6.45) is 0.